The number of Topliss-reactive ketones (excluding diaryl/α,β-unsaturated/α-hetero) is 1. The molecule has 4 nitrogen and oxygen atoms in total. The maximum atomic E-state index is 15.4. The maximum absolute atomic E-state index is 15.4. The molecule has 1 aromatic carbocycles. The van der Waals surface area contributed by atoms with Crippen LogP contribution >= 0.6 is 0 Å². The van der Waals surface area contributed by atoms with Crippen LogP contribution in [0.4, 0.5) is 17.6 Å². The number of rotatable bonds is 2. The van der Waals surface area contributed by atoms with Crippen molar-refractivity contribution >= 4 is 5.78 Å². The number of allylic oxidation sites excluding steroid dienone is 2. The molecule has 3 atom stereocenters. The van der Waals surface area contributed by atoms with Crippen molar-refractivity contribution in [1.82, 2.24) is 5.32 Å². The summed E-state index contributed by atoms with van der Waals surface area (Å²) in [5.41, 5.74) is -1.77. The van der Waals surface area contributed by atoms with Gasteiger partial charge in [-0.3, -0.25) is 4.79 Å². The summed E-state index contributed by atoms with van der Waals surface area (Å²) >= 11 is 0. The van der Waals surface area contributed by atoms with Gasteiger partial charge < -0.3 is 5.32 Å². The minimum atomic E-state index is -4.53. The number of hydrogen-bond acceptors (Lipinski definition) is 4. The van der Waals surface area contributed by atoms with Crippen LogP contribution in [0.2, 0.25) is 0 Å². The average Bonchev–Trinajstić information content (AvgIpc) is 3.12. The number of nitrogens with zero attached hydrogens (tertiary/aromatic N) is 2. The van der Waals surface area contributed by atoms with Crippen LogP contribution in [0.25, 0.3) is 0 Å². The van der Waals surface area contributed by atoms with E-state index in [1.54, 1.807) is 26.8 Å². The van der Waals surface area contributed by atoms with Crippen molar-refractivity contribution in [2.24, 2.45) is 15.6 Å². The Morgan fingerprint density at radius 2 is 2.00 bits per heavy atom. The van der Waals surface area contributed by atoms with Crippen molar-refractivity contribution in [3.63, 3.8) is 0 Å². The van der Waals surface area contributed by atoms with Gasteiger partial charge in [0.1, 0.15) is 6.17 Å². The topological polar surface area (TPSA) is 53.8 Å². The van der Waals surface area contributed by atoms with Crippen LogP contribution in [0.15, 0.2) is 57.5 Å². The van der Waals surface area contributed by atoms with Crippen molar-refractivity contribution in [3.8, 4) is 0 Å². The lowest BCUT2D eigenvalue weighted by molar-refractivity contribution is -0.137. The standard InChI is InChI=1S/C21H21F4N3O/c1-4-20(11-6-5-7-12(8-11)21(23,24)25)13-10-26-28-18(13)27-16-15(20)14(29)9-19(2,3)17(16)22/h5-8,10,17-18,27H,4,9H2,1-3H3/t17-,18?,20+/m1/s1. The van der Waals surface area contributed by atoms with Crippen molar-refractivity contribution in [2.45, 2.75) is 57.5 Å². The lowest BCUT2D eigenvalue weighted by Gasteiger charge is -2.49. The zero-order valence-electron chi connectivity index (χ0n) is 16.3. The predicted octanol–water partition coefficient (Wildman–Crippen LogP) is 5.22. The van der Waals surface area contributed by atoms with Crippen LogP contribution < -0.4 is 5.32 Å². The summed E-state index contributed by atoms with van der Waals surface area (Å²) in [5, 5.41) is 11.0. The van der Waals surface area contributed by atoms with E-state index >= 15 is 4.39 Å². The fourth-order valence-corrected chi connectivity index (χ4v) is 4.77. The largest absolute Gasteiger partial charge is 0.416 e. The Hall–Kier alpha value is -2.51. The monoisotopic (exact) mass is 407 g/mol. The number of nitrogens with one attached hydrogen (secondary N) is 1. The molecular weight excluding hydrogens is 386 g/mol. The summed E-state index contributed by atoms with van der Waals surface area (Å²) in [6.07, 6.45) is -4.98. The zero-order valence-corrected chi connectivity index (χ0v) is 16.3. The molecule has 8 heteroatoms. The molecule has 1 aromatic rings. The molecule has 0 saturated carbocycles. The Morgan fingerprint density at radius 3 is 2.66 bits per heavy atom. The zero-order chi connectivity index (χ0) is 21.2. The number of hydrogen-bond donors (Lipinski definition) is 1. The number of carbonyl (C=O) groups is 1. The van der Waals surface area contributed by atoms with Crippen molar-refractivity contribution in [2.75, 3.05) is 0 Å². The van der Waals surface area contributed by atoms with Gasteiger partial charge in [-0.1, -0.05) is 39.0 Å². The molecule has 0 spiro atoms. The molecule has 4 rings (SSSR count). The fourth-order valence-electron chi connectivity index (χ4n) is 4.77. The van der Waals surface area contributed by atoms with Gasteiger partial charge in [0.2, 0.25) is 0 Å². The highest BCUT2D eigenvalue weighted by molar-refractivity contribution is 6.01. The second-order valence-electron chi connectivity index (χ2n) is 8.44. The first-order chi connectivity index (χ1) is 13.5. The van der Waals surface area contributed by atoms with Gasteiger partial charge in [-0.25, -0.2) is 4.39 Å². The average molecular weight is 407 g/mol. The molecule has 29 heavy (non-hydrogen) atoms. The molecule has 0 amide bonds. The molecule has 154 valence electrons. The minimum absolute atomic E-state index is 0.0262. The summed E-state index contributed by atoms with van der Waals surface area (Å²) in [6.45, 7) is 5.12. The Morgan fingerprint density at radius 1 is 1.28 bits per heavy atom. The first kappa shape index (κ1) is 19.8. The number of benzene rings is 1. The van der Waals surface area contributed by atoms with E-state index in [2.05, 4.69) is 15.5 Å². The summed E-state index contributed by atoms with van der Waals surface area (Å²) in [7, 11) is 0. The Labute approximate surface area is 165 Å². The highest BCUT2D eigenvalue weighted by Crippen LogP contribution is 2.54. The molecule has 0 aromatic heterocycles. The summed E-state index contributed by atoms with van der Waals surface area (Å²) in [4.78, 5) is 13.2. The Kier molecular flexibility index (Phi) is 4.26. The fraction of sp³-hybridized carbons (Fsp3) is 0.476. The van der Waals surface area contributed by atoms with E-state index in [0.29, 0.717) is 11.1 Å². The third kappa shape index (κ3) is 2.75. The van der Waals surface area contributed by atoms with Gasteiger partial charge in [-0.05, 0) is 18.1 Å². The van der Waals surface area contributed by atoms with Crippen LogP contribution in [0.5, 0.6) is 0 Å². The lowest BCUT2D eigenvalue weighted by atomic mass is 9.58. The molecule has 1 aliphatic carbocycles. The van der Waals surface area contributed by atoms with E-state index in [-0.39, 0.29) is 29.9 Å². The van der Waals surface area contributed by atoms with Gasteiger partial charge in [0.15, 0.2) is 11.9 Å². The van der Waals surface area contributed by atoms with Crippen molar-refractivity contribution < 1.29 is 22.4 Å². The van der Waals surface area contributed by atoms with Gasteiger partial charge in [0.05, 0.1) is 22.9 Å². The van der Waals surface area contributed by atoms with E-state index in [0.717, 1.165) is 12.1 Å². The molecule has 3 aliphatic rings. The first-order valence-corrected chi connectivity index (χ1v) is 9.49. The number of ketones is 1. The van der Waals surface area contributed by atoms with Crippen LogP contribution in [-0.2, 0) is 16.4 Å². The molecule has 0 fully saturated rings. The van der Waals surface area contributed by atoms with Crippen LogP contribution in [0.1, 0.15) is 44.7 Å². The lowest BCUT2D eigenvalue weighted by Crippen LogP contribution is -2.55. The Balaban J connectivity index is 2.02. The van der Waals surface area contributed by atoms with Crippen LogP contribution in [-0.4, -0.2) is 18.1 Å². The molecule has 2 aliphatic heterocycles. The highest BCUT2D eigenvalue weighted by atomic mass is 19.4. The van der Waals surface area contributed by atoms with Gasteiger partial charge >= 0.3 is 6.18 Å². The van der Waals surface area contributed by atoms with Crippen molar-refractivity contribution in [3.05, 3.63) is 58.4 Å². The maximum Gasteiger partial charge on any atom is 0.416 e. The van der Waals surface area contributed by atoms with E-state index in [1.165, 1.54) is 12.3 Å². The second kappa shape index (κ2) is 6.24. The van der Waals surface area contributed by atoms with Crippen LogP contribution in [0.3, 0.4) is 0 Å². The van der Waals surface area contributed by atoms with Crippen LogP contribution in [0, 0.1) is 5.41 Å². The molecule has 0 saturated heterocycles. The summed E-state index contributed by atoms with van der Waals surface area (Å²) in [5.74, 6) is -0.267. The molecule has 0 bridgehead atoms. The van der Waals surface area contributed by atoms with E-state index < -0.39 is 34.9 Å². The number of alkyl halides is 4. The Bertz CT molecular complexity index is 976. The number of azo groups is 1. The van der Waals surface area contributed by atoms with Gasteiger partial charge in [0, 0.05) is 23.0 Å². The number of fused-ring (bicyclic) bond motifs is 1. The summed E-state index contributed by atoms with van der Waals surface area (Å²) < 4.78 is 55.7. The summed E-state index contributed by atoms with van der Waals surface area (Å²) in [6, 6.07) is 4.92. The van der Waals surface area contributed by atoms with E-state index in [9.17, 15) is 18.0 Å². The number of halogens is 4. The minimum Gasteiger partial charge on any atom is -0.359 e. The van der Waals surface area contributed by atoms with E-state index in [1.807, 2.05) is 0 Å². The SMILES string of the molecule is CC[C@]1(c2cccc(C(F)(F)F)c2)C2=CN=NC2NC2=C1C(=O)CC(C)(C)[C@@H]2F. The van der Waals surface area contributed by atoms with E-state index in [4.69, 9.17) is 0 Å². The molecule has 1 unspecified atom stereocenters. The number of carbonyl (C=O) groups excluding carboxylic acids is 1. The molecule has 1 N–H and O–H groups in total. The third-order valence-electron chi connectivity index (χ3n) is 6.20. The molecule has 2 heterocycles. The normalized spacial score (nSPS) is 30.6. The molecular formula is C21H21F4N3O. The highest BCUT2D eigenvalue weighted by Gasteiger charge is 2.56. The van der Waals surface area contributed by atoms with Gasteiger partial charge in [-0.15, -0.1) is 0 Å². The van der Waals surface area contributed by atoms with Crippen molar-refractivity contribution in [1.29, 1.82) is 0 Å². The smallest absolute Gasteiger partial charge is 0.359 e. The molecule has 0 radical (unpaired) electrons. The van der Waals surface area contributed by atoms with Gasteiger partial charge in [-0.2, -0.15) is 23.4 Å². The first-order valence-electron chi connectivity index (χ1n) is 9.49. The third-order valence-corrected chi connectivity index (χ3v) is 6.20. The quantitative estimate of drug-likeness (QED) is 0.683. The second-order valence-corrected chi connectivity index (χ2v) is 8.44. The van der Waals surface area contributed by atoms with Gasteiger partial charge in [0.25, 0.3) is 0 Å². The predicted molar refractivity (Wildman–Crippen MR) is 98.6 cm³/mol.